The Morgan fingerprint density at radius 3 is 2.81 bits per heavy atom. The van der Waals surface area contributed by atoms with Gasteiger partial charge in [0, 0.05) is 29.2 Å². The molecule has 0 saturated carbocycles. The monoisotopic (exact) mass is 355 g/mol. The van der Waals surface area contributed by atoms with E-state index in [9.17, 15) is 10.1 Å². The predicted molar refractivity (Wildman–Crippen MR) is 88.9 cm³/mol. The fraction of sp³-hybridized carbons (Fsp3) is 0.600. The number of nitro groups is 1. The second-order valence-corrected chi connectivity index (χ2v) is 6.71. The van der Waals surface area contributed by atoms with E-state index in [1.165, 1.54) is 12.8 Å². The molecule has 116 valence electrons. The van der Waals surface area contributed by atoms with Crippen LogP contribution in [0.15, 0.2) is 22.7 Å². The summed E-state index contributed by atoms with van der Waals surface area (Å²) in [4.78, 5) is 12.8. The molecule has 1 aliphatic rings. The first-order valence-corrected chi connectivity index (χ1v) is 8.19. The summed E-state index contributed by atoms with van der Waals surface area (Å²) in [7, 11) is 0. The molecule has 0 aliphatic carbocycles. The van der Waals surface area contributed by atoms with E-state index in [1.807, 2.05) is 6.07 Å². The van der Waals surface area contributed by atoms with Crippen LogP contribution in [0.1, 0.15) is 26.7 Å². The number of anilines is 1. The van der Waals surface area contributed by atoms with Crippen molar-refractivity contribution in [3.63, 3.8) is 0 Å². The highest BCUT2D eigenvalue weighted by Gasteiger charge is 2.21. The number of benzene rings is 1. The maximum atomic E-state index is 10.8. The molecule has 0 amide bonds. The lowest BCUT2D eigenvalue weighted by Gasteiger charge is -2.35. The van der Waals surface area contributed by atoms with Gasteiger partial charge in [0.1, 0.15) is 0 Å². The van der Waals surface area contributed by atoms with E-state index in [-0.39, 0.29) is 10.6 Å². The van der Waals surface area contributed by atoms with Gasteiger partial charge in [-0.3, -0.25) is 10.1 Å². The molecule has 0 radical (unpaired) electrons. The third-order valence-corrected chi connectivity index (χ3v) is 4.56. The molecule has 0 aromatic heterocycles. The lowest BCUT2D eigenvalue weighted by atomic mass is 9.98. The Morgan fingerprint density at radius 2 is 2.29 bits per heavy atom. The number of hydrogen-bond acceptors (Lipinski definition) is 4. The standard InChI is InChI=1S/C15H22BrN3O2/c1-11(2)18(10-12-4-3-7-17-9-12)15-6-5-13(19(20)21)8-14(15)16/h5-6,8,11-12,17H,3-4,7,9-10H2,1-2H3. The molecule has 1 saturated heterocycles. The maximum Gasteiger partial charge on any atom is 0.270 e. The third-order valence-electron chi connectivity index (χ3n) is 3.93. The van der Waals surface area contributed by atoms with Crippen LogP contribution in [-0.4, -0.2) is 30.6 Å². The lowest BCUT2D eigenvalue weighted by molar-refractivity contribution is -0.384. The summed E-state index contributed by atoms with van der Waals surface area (Å²) in [5.41, 5.74) is 1.15. The van der Waals surface area contributed by atoms with Gasteiger partial charge >= 0.3 is 0 Å². The molecule has 1 aromatic rings. The van der Waals surface area contributed by atoms with E-state index in [2.05, 4.69) is 40.0 Å². The number of nitro benzene ring substituents is 1. The summed E-state index contributed by atoms with van der Waals surface area (Å²) >= 11 is 3.49. The van der Waals surface area contributed by atoms with Crippen molar-refractivity contribution in [2.24, 2.45) is 5.92 Å². The van der Waals surface area contributed by atoms with Crippen molar-refractivity contribution in [1.29, 1.82) is 0 Å². The summed E-state index contributed by atoms with van der Waals surface area (Å²) in [5, 5.41) is 14.3. The van der Waals surface area contributed by atoms with E-state index >= 15 is 0 Å². The van der Waals surface area contributed by atoms with Crippen LogP contribution in [0.3, 0.4) is 0 Å². The zero-order valence-electron chi connectivity index (χ0n) is 12.5. The lowest BCUT2D eigenvalue weighted by Crippen LogP contribution is -2.41. The van der Waals surface area contributed by atoms with Crippen LogP contribution in [0.4, 0.5) is 11.4 Å². The first-order valence-electron chi connectivity index (χ1n) is 7.40. The molecular formula is C15H22BrN3O2. The Hall–Kier alpha value is -1.14. The molecule has 0 spiro atoms. The number of nitrogens with one attached hydrogen (secondary N) is 1. The predicted octanol–water partition coefficient (Wildman–Crippen LogP) is 3.57. The van der Waals surface area contributed by atoms with Gasteiger partial charge in [-0.05, 0) is 67.7 Å². The molecule has 1 aliphatic heterocycles. The fourth-order valence-electron chi connectivity index (χ4n) is 2.79. The number of rotatable bonds is 5. The molecule has 1 heterocycles. The average molecular weight is 356 g/mol. The second-order valence-electron chi connectivity index (χ2n) is 5.85. The van der Waals surface area contributed by atoms with Crippen molar-refractivity contribution >= 4 is 27.3 Å². The molecule has 1 atom stereocenters. The zero-order chi connectivity index (χ0) is 15.4. The second kappa shape index (κ2) is 7.22. The molecular weight excluding hydrogens is 334 g/mol. The quantitative estimate of drug-likeness (QED) is 0.647. The third kappa shape index (κ3) is 4.17. The Kier molecular flexibility index (Phi) is 5.58. The van der Waals surface area contributed by atoms with Crippen molar-refractivity contribution in [2.45, 2.75) is 32.7 Å². The van der Waals surface area contributed by atoms with E-state index in [4.69, 9.17) is 0 Å². The van der Waals surface area contributed by atoms with Gasteiger partial charge in [-0.2, -0.15) is 0 Å². The minimum Gasteiger partial charge on any atom is -0.368 e. The van der Waals surface area contributed by atoms with Crippen LogP contribution < -0.4 is 10.2 Å². The van der Waals surface area contributed by atoms with Crippen molar-refractivity contribution in [3.8, 4) is 0 Å². The largest absolute Gasteiger partial charge is 0.368 e. The van der Waals surface area contributed by atoms with Crippen LogP contribution in [0.25, 0.3) is 0 Å². The fourth-order valence-corrected chi connectivity index (χ4v) is 3.38. The van der Waals surface area contributed by atoms with Crippen LogP contribution in [0.2, 0.25) is 0 Å². The Bertz CT molecular complexity index is 502. The molecule has 1 N–H and O–H groups in total. The van der Waals surface area contributed by atoms with E-state index in [0.717, 1.165) is 29.8 Å². The van der Waals surface area contributed by atoms with Crippen LogP contribution in [0, 0.1) is 16.0 Å². The van der Waals surface area contributed by atoms with Crippen molar-refractivity contribution < 1.29 is 4.92 Å². The van der Waals surface area contributed by atoms with E-state index < -0.39 is 0 Å². The van der Waals surface area contributed by atoms with Crippen molar-refractivity contribution in [1.82, 2.24) is 5.32 Å². The number of hydrogen-bond donors (Lipinski definition) is 1. The molecule has 0 bridgehead atoms. The molecule has 2 rings (SSSR count). The summed E-state index contributed by atoms with van der Waals surface area (Å²) < 4.78 is 0.786. The van der Waals surface area contributed by atoms with Gasteiger partial charge in [-0.25, -0.2) is 0 Å². The maximum absolute atomic E-state index is 10.8. The SMILES string of the molecule is CC(C)N(CC1CCCNC1)c1ccc([N+](=O)[O-])cc1Br. The van der Waals surface area contributed by atoms with Gasteiger partial charge in [0.25, 0.3) is 5.69 Å². The van der Waals surface area contributed by atoms with Crippen LogP contribution >= 0.6 is 15.9 Å². The molecule has 1 unspecified atom stereocenters. The Morgan fingerprint density at radius 1 is 1.52 bits per heavy atom. The minimum absolute atomic E-state index is 0.119. The number of nitrogens with zero attached hydrogens (tertiary/aromatic N) is 2. The molecule has 6 heteroatoms. The smallest absolute Gasteiger partial charge is 0.270 e. The summed E-state index contributed by atoms with van der Waals surface area (Å²) in [6, 6.07) is 5.36. The number of halogens is 1. The summed E-state index contributed by atoms with van der Waals surface area (Å²) in [5.74, 6) is 0.628. The molecule has 21 heavy (non-hydrogen) atoms. The van der Waals surface area contributed by atoms with Gasteiger partial charge in [-0.1, -0.05) is 0 Å². The first kappa shape index (κ1) is 16.2. The van der Waals surface area contributed by atoms with Gasteiger partial charge in [0.15, 0.2) is 0 Å². The van der Waals surface area contributed by atoms with E-state index in [0.29, 0.717) is 12.0 Å². The zero-order valence-corrected chi connectivity index (χ0v) is 14.1. The number of piperidine rings is 1. The number of non-ortho nitro benzene ring substituents is 1. The molecule has 5 nitrogen and oxygen atoms in total. The van der Waals surface area contributed by atoms with Gasteiger partial charge in [-0.15, -0.1) is 0 Å². The topological polar surface area (TPSA) is 58.4 Å². The van der Waals surface area contributed by atoms with Crippen LogP contribution in [0.5, 0.6) is 0 Å². The summed E-state index contributed by atoms with van der Waals surface area (Å²) in [6.45, 7) is 7.45. The Labute approximate surface area is 134 Å². The highest BCUT2D eigenvalue weighted by Crippen LogP contribution is 2.32. The highest BCUT2D eigenvalue weighted by molar-refractivity contribution is 9.10. The van der Waals surface area contributed by atoms with Crippen molar-refractivity contribution in [3.05, 3.63) is 32.8 Å². The van der Waals surface area contributed by atoms with Gasteiger partial charge in [0.2, 0.25) is 0 Å². The van der Waals surface area contributed by atoms with Crippen LogP contribution in [-0.2, 0) is 0 Å². The highest BCUT2D eigenvalue weighted by atomic mass is 79.9. The minimum atomic E-state index is -0.362. The normalized spacial score (nSPS) is 18.8. The van der Waals surface area contributed by atoms with Gasteiger partial charge < -0.3 is 10.2 Å². The van der Waals surface area contributed by atoms with Crippen molar-refractivity contribution in [2.75, 3.05) is 24.5 Å². The first-order chi connectivity index (χ1) is 9.99. The molecule has 1 aromatic carbocycles. The average Bonchev–Trinajstić information content (AvgIpc) is 2.46. The Balaban J connectivity index is 2.19. The summed E-state index contributed by atoms with van der Waals surface area (Å²) in [6.07, 6.45) is 2.46. The van der Waals surface area contributed by atoms with E-state index in [1.54, 1.807) is 12.1 Å². The molecule has 1 fully saturated rings. The van der Waals surface area contributed by atoms with Gasteiger partial charge in [0.05, 0.1) is 10.6 Å².